The van der Waals surface area contributed by atoms with Gasteiger partial charge in [-0.25, -0.2) is 9.59 Å². The van der Waals surface area contributed by atoms with Gasteiger partial charge in [0.1, 0.15) is 12.0 Å². The molecule has 112 valence electrons. The van der Waals surface area contributed by atoms with Gasteiger partial charge in [-0.1, -0.05) is 23.4 Å². The highest BCUT2D eigenvalue weighted by Crippen LogP contribution is 2.11. The molecule has 0 aliphatic heterocycles. The van der Waals surface area contributed by atoms with E-state index < -0.39 is 11.7 Å². The summed E-state index contributed by atoms with van der Waals surface area (Å²) in [5.41, 5.74) is 0.513. The second-order valence-electron chi connectivity index (χ2n) is 4.50. The van der Waals surface area contributed by atoms with Crippen LogP contribution in [-0.2, 0) is 6.54 Å². The first-order valence-corrected chi connectivity index (χ1v) is 6.42. The van der Waals surface area contributed by atoms with Crippen molar-refractivity contribution in [1.82, 2.24) is 24.9 Å². The number of carbonyl (C=O) groups excluding carboxylic acids is 1. The van der Waals surface area contributed by atoms with Gasteiger partial charge in [-0.2, -0.15) is 4.68 Å². The van der Waals surface area contributed by atoms with Crippen molar-refractivity contribution < 1.29 is 9.32 Å². The molecule has 0 spiro atoms. The van der Waals surface area contributed by atoms with Crippen LogP contribution in [0.4, 0.5) is 10.5 Å². The van der Waals surface area contributed by atoms with Gasteiger partial charge in [0.05, 0.1) is 6.54 Å². The van der Waals surface area contributed by atoms with Crippen LogP contribution in [-0.4, -0.2) is 38.0 Å². The van der Waals surface area contributed by atoms with E-state index in [9.17, 15) is 9.59 Å². The normalized spacial score (nSPS) is 10.6. The number of hydrogen-bond acceptors (Lipinski definition) is 6. The summed E-state index contributed by atoms with van der Waals surface area (Å²) in [5, 5.41) is 11.0. The Balaban J connectivity index is 1.85. The minimum absolute atomic E-state index is 0.0810. The molecule has 9 heteroatoms. The second kappa shape index (κ2) is 5.64. The minimum Gasteiger partial charge on any atom is -0.364 e. The van der Waals surface area contributed by atoms with Gasteiger partial charge in [0.25, 0.3) is 0 Å². The van der Waals surface area contributed by atoms with Gasteiger partial charge in [0, 0.05) is 18.8 Å². The second-order valence-corrected chi connectivity index (χ2v) is 4.50. The average Bonchev–Trinajstić information content (AvgIpc) is 3.18. The van der Waals surface area contributed by atoms with E-state index in [0.717, 1.165) is 4.68 Å². The first-order chi connectivity index (χ1) is 10.7. The van der Waals surface area contributed by atoms with Crippen LogP contribution >= 0.6 is 0 Å². The smallest absolute Gasteiger partial charge is 0.364 e. The largest absolute Gasteiger partial charge is 0.372 e. The Bertz CT molecular complexity index is 821. The van der Waals surface area contributed by atoms with Gasteiger partial charge in [-0.15, -0.1) is 4.68 Å². The van der Waals surface area contributed by atoms with Crippen molar-refractivity contribution in [2.75, 3.05) is 11.9 Å². The predicted molar refractivity (Wildman–Crippen MR) is 75.5 cm³/mol. The van der Waals surface area contributed by atoms with Crippen LogP contribution in [0.25, 0.3) is 0 Å². The Labute approximate surface area is 124 Å². The molecule has 0 fully saturated rings. The van der Waals surface area contributed by atoms with Crippen molar-refractivity contribution in [3.63, 3.8) is 0 Å². The molecule has 2 aromatic heterocycles. The van der Waals surface area contributed by atoms with E-state index in [2.05, 4.69) is 20.1 Å². The topological polar surface area (TPSA) is 99.1 Å². The van der Waals surface area contributed by atoms with E-state index in [1.165, 1.54) is 11.2 Å². The van der Waals surface area contributed by atoms with Crippen molar-refractivity contribution in [1.29, 1.82) is 0 Å². The average molecular weight is 300 g/mol. The quantitative estimate of drug-likeness (QED) is 0.656. The summed E-state index contributed by atoms with van der Waals surface area (Å²) in [6.45, 7) is 0.0810. The molecule has 0 saturated heterocycles. The molecule has 0 aliphatic rings. The molecule has 0 atom stereocenters. The molecule has 2 heterocycles. The molecule has 9 nitrogen and oxygen atoms in total. The number of nitrogens with zero attached hydrogens (tertiary/aromatic N) is 6. The molecule has 3 rings (SSSR count). The van der Waals surface area contributed by atoms with Gasteiger partial charge in [0.15, 0.2) is 0 Å². The van der Waals surface area contributed by atoms with Crippen LogP contribution in [0.1, 0.15) is 5.69 Å². The molecule has 0 saturated carbocycles. The Morgan fingerprint density at radius 3 is 2.68 bits per heavy atom. The number of carbonyl (C=O) groups is 1. The van der Waals surface area contributed by atoms with Crippen molar-refractivity contribution >= 4 is 11.7 Å². The summed E-state index contributed by atoms with van der Waals surface area (Å²) in [4.78, 5) is 25.8. The van der Waals surface area contributed by atoms with E-state index in [4.69, 9.17) is 0 Å². The molecule has 1 aromatic carbocycles. The lowest BCUT2D eigenvalue weighted by Gasteiger charge is -2.15. The molecule has 0 radical (unpaired) electrons. The van der Waals surface area contributed by atoms with E-state index in [0.29, 0.717) is 16.1 Å². The lowest BCUT2D eigenvalue weighted by Crippen LogP contribution is -2.39. The maximum Gasteiger partial charge on any atom is 0.372 e. The molecule has 0 unspecified atom stereocenters. The number of rotatable bonds is 3. The van der Waals surface area contributed by atoms with Crippen LogP contribution in [0.3, 0.4) is 0 Å². The first kappa shape index (κ1) is 13.7. The summed E-state index contributed by atoms with van der Waals surface area (Å²) in [6.07, 6.45) is 1.39. The highest BCUT2D eigenvalue weighted by atomic mass is 16.5. The summed E-state index contributed by atoms with van der Waals surface area (Å²) < 4.78 is 6.42. The minimum atomic E-state index is -0.643. The fraction of sp³-hybridized carbons (Fsp3) is 0.154. The molecule has 22 heavy (non-hydrogen) atoms. The monoisotopic (exact) mass is 300 g/mol. The highest BCUT2D eigenvalue weighted by molar-refractivity contribution is 5.92. The van der Waals surface area contributed by atoms with Gasteiger partial charge in [-0.3, -0.25) is 4.90 Å². The molecule has 0 bridgehead atoms. The van der Waals surface area contributed by atoms with Crippen LogP contribution in [0, 0.1) is 0 Å². The number of anilines is 1. The van der Waals surface area contributed by atoms with Crippen molar-refractivity contribution in [2.45, 2.75) is 6.54 Å². The zero-order valence-corrected chi connectivity index (χ0v) is 11.7. The van der Waals surface area contributed by atoms with Crippen LogP contribution in [0.2, 0.25) is 0 Å². The van der Waals surface area contributed by atoms with E-state index in [-0.39, 0.29) is 6.54 Å². The maximum absolute atomic E-state index is 12.3. The molecular formula is C13H12N6O3. The van der Waals surface area contributed by atoms with E-state index in [1.807, 2.05) is 6.07 Å². The number of hydrogen-bond donors (Lipinski definition) is 0. The summed E-state index contributed by atoms with van der Waals surface area (Å²) >= 11 is 0. The fourth-order valence-corrected chi connectivity index (χ4v) is 1.87. The number of amides is 1. The lowest BCUT2D eigenvalue weighted by atomic mass is 10.3. The van der Waals surface area contributed by atoms with Gasteiger partial charge in [0.2, 0.25) is 0 Å². The SMILES string of the molecule is CN(C(=O)n1nnn(Cc2ccon2)c1=O)c1ccccc1. The van der Waals surface area contributed by atoms with Gasteiger partial charge in [-0.05, 0) is 22.6 Å². The van der Waals surface area contributed by atoms with Crippen molar-refractivity contribution in [3.05, 3.63) is 58.8 Å². The summed E-state index contributed by atoms with van der Waals surface area (Å²) in [7, 11) is 1.56. The molecule has 0 N–H and O–H groups in total. The number of benzene rings is 1. The number of para-hydroxylation sites is 1. The standard InChI is InChI=1S/C13H12N6O3/c1-17(11-5-3-2-4-6-11)12(20)19-13(21)18(15-16-19)9-10-7-8-22-14-10/h2-8H,9H2,1H3. The summed E-state index contributed by atoms with van der Waals surface area (Å²) in [5.74, 6) is 0. The lowest BCUT2D eigenvalue weighted by molar-refractivity contribution is 0.245. The van der Waals surface area contributed by atoms with Crippen LogP contribution < -0.4 is 10.6 Å². The third-order valence-electron chi connectivity index (χ3n) is 3.05. The third kappa shape index (κ3) is 2.51. The fourth-order valence-electron chi connectivity index (χ4n) is 1.87. The third-order valence-corrected chi connectivity index (χ3v) is 3.05. The zero-order valence-electron chi connectivity index (χ0n) is 11.7. The first-order valence-electron chi connectivity index (χ1n) is 6.42. The highest BCUT2D eigenvalue weighted by Gasteiger charge is 2.19. The number of aromatic nitrogens is 5. The van der Waals surface area contributed by atoms with Gasteiger partial charge < -0.3 is 4.52 Å². The van der Waals surface area contributed by atoms with Crippen molar-refractivity contribution in [3.8, 4) is 0 Å². The van der Waals surface area contributed by atoms with Crippen LogP contribution in [0.15, 0.2) is 52.0 Å². The van der Waals surface area contributed by atoms with Crippen molar-refractivity contribution in [2.24, 2.45) is 0 Å². The molecule has 3 aromatic rings. The van der Waals surface area contributed by atoms with E-state index in [1.54, 1.807) is 37.4 Å². The van der Waals surface area contributed by atoms with Crippen LogP contribution in [0.5, 0.6) is 0 Å². The Morgan fingerprint density at radius 1 is 1.23 bits per heavy atom. The molecular weight excluding hydrogens is 288 g/mol. The molecule has 0 aliphatic carbocycles. The van der Waals surface area contributed by atoms with Gasteiger partial charge >= 0.3 is 11.7 Å². The zero-order chi connectivity index (χ0) is 15.5. The predicted octanol–water partition coefficient (Wildman–Crippen LogP) is 0.581. The molecule has 1 amide bonds. The Hall–Kier alpha value is -3.23. The Morgan fingerprint density at radius 2 is 2.00 bits per heavy atom. The summed E-state index contributed by atoms with van der Waals surface area (Å²) in [6, 6.07) is 9.94. The maximum atomic E-state index is 12.3. The number of tetrazole rings is 1. The Kier molecular flexibility index (Phi) is 3.52. The van der Waals surface area contributed by atoms with E-state index >= 15 is 0 Å².